The minimum atomic E-state index is -1.13. The van der Waals surface area contributed by atoms with Crippen LogP contribution >= 0.6 is 11.6 Å². The molecule has 140 valence electrons. The highest BCUT2D eigenvalue weighted by Crippen LogP contribution is 2.40. The number of nitrogens with zero attached hydrogens (tertiary/aromatic N) is 4. The van der Waals surface area contributed by atoms with Gasteiger partial charge in [0.2, 0.25) is 0 Å². The number of fused-ring (bicyclic) bond motifs is 1. The van der Waals surface area contributed by atoms with Crippen LogP contribution in [-0.2, 0) is 0 Å². The van der Waals surface area contributed by atoms with Gasteiger partial charge in [-0.1, -0.05) is 39.3 Å². The lowest BCUT2D eigenvalue weighted by Crippen LogP contribution is -2.48. The number of aromatic nitrogens is 4. The van der Waals surface area contributed by atoms with E-state index in [1.54, 1.807) is 6.92 Å². The summed E-state index contributed by atoms with van der Waals surface area (Å²) in [7, 11) is 6.40. The van der Waals surface area contributed by atoms with Gasteiger partial charge in [0.25, 0.3) is 5.78 Å². The smallest absolute Gasteiger partial charge is 0.255 e. The number of rotatable bonds is 3. The Bertz CT molecular complexity index is 1010. The number of anilines is 1. The molecule has 0 saturated heterocycles. The molecule has 3 aromatic rings. The second-order valence-corrected chi connectivity index (χ2v) is 7.78. The summed E-state index contributed by atoms with van der Waals surface area (Å²) in [6.45, 7) is 7.38. The molecule has 0 aliphatic carbocycles. The van der Waals surface area contributed by atoms with Crippen molar-refractivity contribution >= 4 is 31.0 Å². The van der Waals surface area contributed by atoms with Gasteiger partial charge in [0.05, 0.1) is 11.1 Å². The highest BCUT2D eigenvalue weighted by molar-refractivity contribution is 6.33. The Kier molecular flexibility index (Phi) is 4.62. The zero-order valence-electron chi connectivity index (χ0n) is 15.1. The van der Waals surface area contributed by atoms with Crippen molar-refractivity contribution < 1.29 is 13.2 Å². The maximum absolute atomic E-state index is 14.5. The molecule has 1 aromatic carbocycles. The summed E-state index contributed by atoms with van der Waals surface area (Å²) in [6, 6.07) is 1.13. The predicted octanol–water partition coefficient (Wildman–Crippen LogP) is 4.20. The summed E-state index contributed by atoms with van der Waals surface area (Å²) in [5, 5.41) is 6.86. The first-order valence-electron chi connectivity index (χ1n) is 8.03. The zero-order chi connectivity index (χ0) is 20.1. The number of nitrogens with one attached hydrogen (secondary N) is 1. The quantitative estimate of drug-likeness (QED) is 0.535. The summed E-state index contributed by atoms with van der Waals surface area (Å²) < 4.78 is 43.6. The fourth-order valence-electron chi connectivity index (χ4n) is 2.37. The second-order valence-electron chi connectivity index (χ2n) is 7.42. The van der Waals surface area contributed by atoms with Gasteiger partial charge in [0.1, 0.15) is 42.6 Å². The summed E-state index contributed by atoms with van der Waals surface area (Å²) >= 11 is 6.23. The van der Waals surface area contributed by atoms with E-state index >= 15 is 0 Å². The Morgan fingerprint density at radius 3 is 2.22 bits per heavy atom. The molecular formula is C17H16BClF3N5. The van der Waals surface area contributed by atoms with Crippen molar-refractivity contribution in [3.63, 3.8) is 0 Å². The number of hydrogen-bond acceptors (Lipinski definition) is 4. The molecule has 0 aliphatic heterocycles. The summed E-state index contributed by atoms with van der Waals surface area (Å²) in [4.78, 5) is 7.97. The van der Waals surface area contributed by atoms with E-state index in [0.717, 1.165) is 0 Å². The average Bonchev–Trinajstić information content (AvgIpc) is 2.95. The van der Waals surface area contributed by atoms with Gasteiger partial charge < -0.3 is 5.32 Å². The number of hydrogen-bond donors (Lipinski definition) is 1. The first-order chi connectivity index (χ1) is 12.4. The lowest BCUT2D eigenvalue weighted by molar-refractivity contribution is 0.319. The standard InChI is InChI=1S/C17H16BClF3N5/c1-16(2,3)17(4,18)26-14-12(11-9(21)5-8(20)6-10(11)22)13(19)25-15-23-7-24-27(14)15/h5-7,26H,1-4H3. The van der Waals surface area contributed by atoms with Gasteiger partial charge in [-0.3, -0.25) is 0 Å². The van der Waals surface area contributed by atoms with Crippen molar-refractivity contribution in [2.45, 2.75) is 33.1 Å². The molecular weight excluding hydrogens is 377 g/mol. The van der Waals surface area contributed by atoms with Crippen LogP contribution < -0.4 is 5.32 Å². The van der Waals surface area contributed by atoms with Crippen LogP contribution in [0.3, 0.4) is 0 Å². The van der Waals surface area contributed by atoms with Gasteiger partial charge in [0.15, 0.2) is 0 Å². The van der Waals surface area contributed by atoms with Crippen LogP contribution in [-0.4, -0.2) is 32.9 Å². The van der Waals surface area contributed by atoms with Crippen molar-refractivity contribution in [3.8, 4) is 11.1 Å². The van der Waals surface area contributed by atoms with Crippen LogP contribution in [0.2, 0.25) is 5.15 Å². The van der Waals surface area contributed by atoms with Crippen molar-refractivity contribution in [2.75, 3.05) is 5.32 Å². The topological polar surface area (TPSA) is 55.1 Å². The SMILES string of the molecule is [B]C(C)(Nc1c(-c2c(F)cc(F)cc2F)c(Cl)nc2ncnn12)C(C)(C)C. The second kappa shape index (κ2) is 6.40. The molecule has 0 bridgehead atoms. The minimum Gasteiger partial charge on any atom is -0.372 e. The predicted molar refractivity (Wildman–Crippen MR) is 98.3 cm³/mol. The van der Waals surface area contributed by atoms with Crippen LogP contribution in [0.15, 0.2) is 18.5 Å². The number of benzene rings is 1. The molecule has 1 unspecified atom stereocenters. The van der Waals surface area contributed by atoms with Crippen molar-refractivity contribution in [1.29, 1.82) is 0 Å². The Labute approximate surface area is 160 Å². The highest BCUT2D eigenvalue weighted by Gasteiger charge is 2.35. The molecule has 1 N–H and O–H groups in total. The lowest BCUT2D eigenvalue weighted by atomic mass is 9.62. The molecule has 10 heteroatoms. The Hall–Kier alpha value is -2.29. The third-order valence-corrected chi connectivity index (χ3v) is 4.85. The average molecular weight is 394 g/mol. The maximum Gasteiger partial charge on any atom is 0.255 e. The molecule has 0 amide bonds. The van der Waals surface area contributed by atoms with Gasteiger partial charge in [-0.2, -0.15) is 19.6 Å². The maximum atomic E-state index is 14.5. The molecule has 1 atom stereocenters. The largest absolute Gasteiger partial charge is 0.372 e. The van der Waals surface area contributed by atoms with E-state index in [-0.39, 0.29) is 22.3 Å². The van der Waals surface area contributed by atoms with Crippen LogP contribution in [0.5, 0.6) is 0 Å². The third kappa shape index (κ3) is 3.36. The molecule has 0 aliphatic rings. The molecule has 2 heterocycles. The molecule has 0 spiro atoms. The monoisotopic (exact) mass is 393 g/mol. The Morgan fingerprint density at radius 1 is 1.07 bits per heavy atom. The molecule has 0 saturated carbocycles. The van der Waals surface area contributed by atoms with E-state index in [1.807, 2.05) is 20.8 Å². The fraction of sp³-hybridized carbons (Fsp3) is 0.353. The highest BCUT2D eigenvalue weighted by atomic mass is 35.5. The molecule has 2 radical (unpaired) electrons. The Balaban J connectivity index is 2.36. The van der Waals surface area contributed by atoms with E-state index in [1.165, 1.54) is 10.8 Å². The number of halogens is 4. The van der Waals surface area contributed by atoms with Crippen molar-refractivity contribution in [3.05, 3.63) is 41.1 Å². The van der Waals surface area contributed by atoms with Gasteiger partial charge >= 0.3 is 0 Å². The van der Waals surface area contributed by atoms with E-state index in [0.29, 0.717) is 12.1 Å². The minimum absolute atomic E-state index is 0.0897. The third-order valence-electron chi connectivity index (χ3n) is 4.58. The van der Waals surface area contributed by atoms with E-state index in [2.05, 4.69) is 20.4 Å². The van der Waals surface area contributed by atoms with E-state index < -0.39 is 33.9 Å². The normalized spacial score (nSPS) is 14.4. The van der Waals surface area contributed by atoms with Crippen molar-refractivity contribution in [2.24, 2.45) is 5.41 Å². The van der Waals surface area contributed by atoms with Gasteiger partial charge in [-0.05, 0) is 5.41 Å². The molecule has 5 nitrogen and oxygen atoms in total. The fourth-order valence-corrected chi connectivity index (χ4v) is 2.63. The summed E-state index contributed by atoms with van der Waals surface area (Å²) in [5.41, 5.74) is -2.19. The summed E-state index contributed by atoms with van der Waals surface area (Å²) in [5.74, 6) is -3.11. The summed E-state index contributed by atoms with van der Waals surface area (Å²) in [6.07, 6.45) is 1.22. The first-order valence-corrected chi connectivity index (χ1v) is 8.41. The lowest BCUT2D eigenvalue weighted by Gasteiger charge is -2.41. The van der Waals surface area contributed by atoms with E-state index in [4.69, 9.17) is 19.4 Å². The molecule has 2 aromatic heterocycles. The van der Waals surface area contributed by atoms with E-state index in [9.17, 15) is 13.2 Å². The Morgan fingerprint density at radius 2 is 1.67 bits per heavy atom. The zero-order valence-corrected chi connectivity index (χ0v) is 15.9. The molecule has 3 rings (SSSR count). The van der Waals surface area contributed by atoms with Gasteiger partial charge in [-0.25, -0.2) is 13.2 Å². The van der Waals surface area contributed by atoms with Crippen molar-refractivity contribution in [1.82, 2.24) is 19.6 Å². The van der Waals surface area contributed by atoms with Gasteiger partial charge in [-0.15, -0.1) is 0 Å². The van der Waals surface area contributed by atoms with Crippen LogP contribution in [0.4, 0.5) is 19.0 Å². The van der Waals surface area contributed by atoms with Gasteiger partial charge in [0, 0.05) is 17.6 Å². The van der Waals surface area contributed by atoms with Crippen LogP contribution in [0.1, 0.15) is 27.7 Å². The molecule has 0 fully saturated rings. The van der Waals surface area contributed by atoms with Crippen LogP contribution in [0, 0.1) is 22.9 Å². The first kappa shape index (κ1) is 19.5. The molecule has 27 heavy (non-hydrogen) atoms. The van der Waals surface area contributed by atoms with Crippen LogP contribution in [0.25, 0.3) is 16.9 Å².